The molecule has 0 bridgehead atoms. The first-order chi connectivity index (χ1) is 9.99. The van der Waals surface area contributed by atoms with Gasteiger partial charge in [-0.05, 0) is 44.2 Å². The molecule has 1 amide bonds. The number of rotatable bonds is 5. The number of aliphatic carboxylic acids is 1. The molecule has 0 aliphatic heterocycles. The highest BCUT2D eigenvalue weighted by molar-refractivity contribution is 5.95. The van der Waals surface area contributed by atoms with Gasteiger partial charge in [0.1, 0.15) is 0 Å². The van der Waals surface area contributed by atoms with Crippen LogP contribution in [0.2, 0.25) is 0 Å². The number of carbonyl (C=O) groups is 2. The van der Waals surface area contributed by atoms with Crippen molar-refractivity contribution in [2.24, 2.45) is 5.92 Å². The van der Waals surface area contributed by atoms with Crippen LogP contribution in [-0.2, 0) is 4.79 Å². The minimum Gasteiger partial charge on any atom is -0.481 e. The zero-order valence-electron chi connectivity index (χ0n) is 12.0. The SMILES string of the molecule is CC(NC(=O)c1cccc(-n2cccc2)c1)C(C)C(=O)O. The highest BCUT2D eigenvalue weighted by Crippen LogP contribution is 2.12. The van der Waals surface area contributed by atoms with Crippen molar-refractivity contribution in [1.82, 2.24) is 9.88 Å². The van der Waals surface area contributed by atoms with E-state index < -0.39 is 17.9 Å². The number of hydrogen-bond donors (Lipinski definition) is 2. The van der Waals surface area contributed by atoms with Gasteiger partial charge >= 0.3 is 5.97 Å². The predicted molar refractivity (Wildman–Crippen MR) is 79.5 cm³/mol. The maximum atomic E-state index is 12.2. The number of carbonyl (C=O) groups excluding carboxylic acids is 1. The van der Waals surface area contributed by atoms with Gasteiger partial charge in [-0.2, -0.15) is 0 Å². The number of carboxylic acid groups (broad SMARTS) is 1. The maximum Gasteiger partial charge on any atom is 0.308 e. The monoisotopic (exact) mass is 286 g/mol. The van der Waals surface area contributed by atoms with E-state index in [1.54, 1.807) is 32.0 Å². The Morgan fingerprint density at radius 3 is 2.43 bits per heavy atom. The van der Waals surface area contributed by atoms with Crippen LogP contribution in [0, 0.1) is 5.92 Å². The van der Waals surface area contributed by atoms with E-state index in [2.05, 4.69) is 5.32 Å². The lowest BCUT2D eigenvalue weighted by molar-refractivity contribution is -0.141. The van der Waals surface area contributed by atoms with Crippen LogP contribution in [-0.4, -0.2) is 27.6 Å². The molecular weight excluding hydrogens is 268 g/mol. The second-order valence-corrected chi connectivity index (χ2v) is 5.03. The van der Waals surface area contributed by atoms with E-state index in [0.29, 0.717) is 5.56 Å². The Balaban J connectivity index is 2.13. The average Bonchev–Trinajstić information content (AvgIpc) is 3.00. The Labute approximate surface area is 123 Å². The van der Waals surface area contributed by atoms with Crippen LogP contribution in [0.15, 0.2) is 48.8 Å². The van der Waals surface area contributed by atoms with Gasteiger partial charge in [0.15, 0.2) is 0 Å². The van der Waals surface area contributed by atoms with Gasteiger partial charge < -0.3 is 15.0 Å². The van der Waals surface area contributed by atoms with Gasteiger partial charge in [0.2, 0.25) is 0 Å². The van der Waals surface area contributed by atoms with E-state index in [0.717, 1.165) is 5.69 Å². The first-order valence-electron chi connectivity index (χ1n) is 6.76. The predicted octanol–water partition coefficient (Wildman–Crippen LogP) is 2.32. The molecule has 2 N–H and O–H groups in total. The molecule has 2 rings (SSSR count). The first kappa shape index (κ1) is 14.8. The van der Waals surface area contributed by atoms with Gasteiger partial charge in [-0.3, -0.25) is 9.59 Å². The molecule has 0 radical (unpaired) electrons. The molecule has 0 aliphatic rings. The van der Waals surface area contributed by atoms with Crippen molar-refractivity contribution in [1.29, 1.82) is 0 Å². The van der Waals surface area contributed by atoms with Crippen LogP contribution in [0.3, 0.4) is 0 Å². The Morgan fingerprint density at radius 2 is 1.81 bits per heavy atom. The molecule has 2 aromatic rings. The lowest BCUT2D eigenvalue weighted by atomic mass is 10.0. The summed E-state index contributed by atoms with van der Waals surface area (Å²) < 4.78 is 1.90. The van der Waals surface area contributed by atoms with Gasteiger partial charge in [-0.15, -0.1) is 0 Å². The molecule has 110 valence electrons. The van der Waals surface area contributed by atoms with Crippen molar-refractivity contribution >= 4 is 11.9 Å². The minimum absolute atomic E-state index is 0.274. The summed E-state index contributed by atoms with van der Waals surface area (Å²) in [6.45, 7) is 3.26. The van der Waals surface area contributed by atoms with Crippen LogP contribution in [0.5, 0.6) is 0 Å². The number of aromatic nitrogens is 1. The van der Waals surface area contributed by atoms with E-state index >= 15 is 0 Å². The summed E-state index contributed by atoms with van der Waals surface area (Å²) in [7, 11) is 0. The van der Waals surface area contributed by atoms with Gasteiger partial charge in [-0.25, -0.2) is 0 Å². The van der Waals surface area contributed by atoms with Crippen LogP contribution < -0.4 is 5.32 Å². The van der Waals surface area contributed by atoms with E-state index in [-0.39, 0.29) is 5.91 Å². The normalized spacial score (nSPS) is 13.4. The highest BCUT2D eigenvalue weighted by atomic mass is 16.4. The fourth-order valence-corrected chi connectivity index (χ4v) is 1.94. The number of amides is 1. The average molecular weight is 286 g/mol. The fraction of sp³-hybridized carbons (Fsp3) is 0.250. The summed E-state index contributed by atoms with van der Waals surface area (Å²) in [6, 6.07) is 10.6. The molecule has 2 unspecified atom stereocenters. The first-order valence-corrected chi connectivity index (χ1v) is 6.76. The number of nitrogens with one attached hydrogen (secondary N) is 1. The van der Waals surface area contributed by atoms with E-state index in [1.165, 1.54) is 0 Å². The second kappa shape index (κ2) is 6.26. The summed E-state index contributed by atoms with van der Waals surface area (Å²) in [4.78, 5) is 23.1. The van der Waals surface area contributed by atoms with E-state index in [9.17, 15) is 9.59 Å². The lowest BCUT2D eigenvalue weighted by Gasteiger charge is -2.18. The van der Waals surface area contributed by atoms with Crippen molar-refractivity contribution < 1.29 is 14.7 Å². The Morgan fingerprint density at radius 1 is 1.14 bits per heavy atom. The molecule has 1 heterocycles. The largest absolute Gasteiger partial charge is 0.481 e. The molecule has 0 spiro atoms. The van der Waals surface area contributed by atoms with Crippen molar-refractivity contribution in [3.63, 3.8) is 0 Å². The molecule has 5 heteroatoms. The third kappa shape index (κ3) is 3.51. The number of nitrogens with zero attached hydrogens (tertiary/aromatic N) is 1. The molecule has 0 fully saturated rings. The smallest absolute Gasteiger partial charge is 0.308 e. The van der Waals surface area contributed by atoms with Crippen molar-refractivity contribution in [2.75, 3.05) is 0 Å². The lowest BCUT2D eigenvalue weighted by Crippen LogP contribution is -2.40. The van der Waals surface area contributed by atoms with Gasteiger partial charge in [0.25, 0.3) is 5.91 Å². The Bertz CT molecular complexity index is 635. The fourth-order valence-electron chi connectivity index (χ4n) is 1.94. The quantitative estimate of drug-likeness (QED) is 0.886. The van der Waals surface area contributed by atoms with Crippen LogP contribution in [0.25, 0.3) is 5.69 Å². The molecule has 21 heavy (non-hydrogen) atoms. The van der Waals surface area contributed by atoms with Crippen LogP contribution in [0.4, 0.5) is 0 Å². The maximum absolute atomic E-state index is 12.2. The minimum atomic E-state index is -0.927. The zero-order valence-corrected chi connectivity index (χ0v) is 12.0. The highest BCUT2D eigenvalue weighted by Gasteiger charge is 2.21. The molecule has 0 aliphatic carbocycles. The molecule has 1 aromatic heterocycles. The van der Waals surface area contributed by atoms with Gasteiger partial charge in [-0.1, -0.05) is 6.07 Å². The Kier molecular flexibility index (Phi) is 4.42. The summed E-state index contributed by atoms with van der Waals surface area (Å²) in [5.41, 5.74) is 1.39. The Hall–Kier alpha value is -2.56. The summed E-state index contributed by atoms with van der Waals surface area (Å²) in [6.07, 6.45) is 3.79. The zero-order chi connectivity index (χ0) is 15.4. The second-order valence-electron chi connectivity index (χ2n) is 5.03. The van der Waals surface area contributed by atoms with Crippen molar-refractivity contribution in [3.8, 4) is 5.69 Å². The summed E-state index contributed by atoms with van der Waals surface area (Å²) in [5, 5.41) is 11.7. The molecular formula is C16H18N2O3. The van der Waals surface area contributed by atoms with Crippen LogP contribution in [0.1, 0.15) is 24.2 Å². The molecule has 5 nitrogen and oxygen atoms in total. The standard InChI is InChI=1S/C16H18N2O3/c1-11(16(20)21)12(2)17-15(19)13-6-5-7-14(10-13)18-8-3-4-9-18/h3-12H,1-2H3,(H,17,19)(H,20,21). The van der Waals surface area contributed by atoms with Crippen molar-refractivity contribution in [2.45, 2.75) is 19.9 Å². The van der Waals surface area contributed by atoms with Gasteiger partial charge in [0.05, 0.1) is 5.92 Å². The molecule has 2 atom stereocenters. The van der Waals surface area contributed by atoms with E-state index in [4.69, 9.17) is 5.11 Å². The molecule has 0 saturated carbocycles. The summed E-state index contributed by atoms with van der Waals surface area (Å²) >= 11 is 0. The van der Waals surface area contributed by atoms with E-state index in [1.807, 2.05) is 35.2 Å². The number of benzene rings is 1. The topological polar surface area (TPSA) is 71.3 Å². The van der Waals surface area contributed by atoms with Gasteiger partial charge in [0, 0.05) is 29.7 Å². The molecule has 1 aromatic carbocycles. The third-order valence-corrected chi connectivity index (χ3v) is 3.51. The third-order valence-electron chi connectivity index (χ3n) is 3.51. The number of carboxylic acids is 1. The summed E-state index contributed by atoms with van der Waals surface area (Å²) in [5.74, 6) is -1.84. The molecule has 0 saturated heterocycles. The number of hydrogen-bond acceptors (Lipinski definition) is 2. The van der Waals surface area contributed by atoms with Crippen molar-refractivity contribution in [3.05, 3.63) is 54.4 Å². The van der Waals surface area contributed by atoms with Crippen LogP contribution >= 0.6 is 0 Å².